The highest BCUT2D eigenvalue weighted by atomic mass is 79.9. The van der Waals surface area contributed by atoms with Gasteiger partial charge in [-0.05, 0) is 47.4 Å². The molecule has 0 fully saturated rings. The molecule has 1 heteroatoms. The highest BCUT2D eigenvalue weighted by Gasteiger charge is 2.13. The second kappa shape index (κ2) is 5.41. The summed E-state index contributed by atoms with van der Waals surface area (Å²) >= 11 is 3.86. The number of aryl methyl sites for hydroxylation is 2. The van der Waals surface area contributed by atoms with Crippen LogP contribution in [0.4, 0.5) is 0 Å². The second-order valence-electron chi connectivity index (χ2n) is 5.33. The number of halogens is 1. The molecule has 0 aliphatic carbocycles. The molecule has 1 atom stereocenters. The van der Waals surface area contributed by atoms with Crippen LogP contribution in [0.15, 0.2) is 60.7 Å². The van der Waals surface area contributed by atoms with E-state index >= 15 is 0 Å². The Labute approximate surface area is 128 Å². The third-order valence-corrected chi connectivity index (χ3v) is 4.80. The molecule has 0 saturated heterocycles. The van der Waals surface area contributed by atoms with Crippen LogP contribution in [-0.2, 0) is 0 Å². The van der Waals surface area contributed by atoms with Crippen LogP contribution < -0.4 is 0 Å². The van der Waals surface area contributed by atoms with E-state index in [9.17, 15) is 0 Å². The van der Waals surface area contributed by atoms with Crippen LogP contribution in [0, 0.1) is 13.8 Å². The minimum absolute atomic E-state index is 0.243. The third-order valence-electron chi connectivity index (χ3n) is 3.77. The van der Waals surface area contributed by atoms with E-state index in [1.54, 1.807) is 0 Å². The van der Waals surface area contributed by atoms with Gasteiger partial charge in [0, 0.05) is 0 Å². The molecule has 0 heterocycles. The summed E-state index contributed by atoms with van der Waals surface area (Å²) in [6.45, 7) is 4.31. The maximum absolute atomic E-state index is 3.86. The Morgan fingerprint density at radius 3 is 2.35 bits per heavy atom. The average Bonchev–Trinajstić information content (AvgIpc) is 2.48. The molecule has 0 nitrogen and oxygen atoms in total. The maximum Gasteiger partial charge on any atom is 0.0647 e. The van der Waals surface area contributed by atoms with Gasteiger partial charge in [0.2, 0.25) is 0 Å². The molecule has 0 saturated carbocycles. The monoisotopic (exact) mass is 324 g/mol. The molecule has 0 bridgehead atoms. The van der Waals surface area contributed by atoms with Crippen molar-refractivity contribution < 1.29 is 0 Å². The molecule has 3 rings (SSSR count). The Kier molecular flexibility index (Phi) is 3.62. The first-order valence-corrected chi connectivity index (χ1v) is 7.76. The van der Waals surface area contributed by atoms with Gasteiger partial charge in [-0.25, -0.2) is 0 Å². The standard InChI is InChI=1S/C19H17Br/c1-13-7-8-14(2)18(11-13)19(20)17-10-9-15-5-3-4-6-16(15)12-17/h3-12,19H,1-2H3. The van der Waals surface area contributed by atoms with Crippen LogP contribution >= 0.6 is 15.9 Å². The van der Waals surface area contributed by atoms with Crippen LogP contribution in [0.2, 0.25) is 0 Å². The molecular formula is C19H17Br. The summed E-state index contributed by atoms with van der Waals surface area (Å²) in [5, 5.41) is 2.58. The van der Waals surface area contributed by atoms with Crippen molar-refractivity contribution in [2.45, 2.75) is 18.7 Å². The molecule has 0 aliphatic rings. The Bertz CT molecular complexity index is 759. The minimum Gasteiger partial charge on any atom is -0.0786 e. The molecule has 3 aromatic carbocycles. The lowest BCUT2D eigenvalue weighted by Gasteiger charge is -2.15. The quantitative estimate of drug-likeness (QED) is 0.511. The maximum atomic E-state index is 3.86. The van der Waals surface area contributed by atoms with E-state index in [0.717, 1.165) is 0 Å². The summed E-state index contributed by atoms with van der Waals surface area (Å²) in [6.07, 6.45) is 0. The highest BCUT2D eigenvalue weighted by molar-refractivity contribution is 9.09. The van der Waals surface area contributed by atoms with E-state index < -0.39 is 0 Å². The lowest BCUT2D eigenvalue weighted by Crippen LogP contribution is -1.96. The average molecular weight is 325 g/mol. The van der Waals surface area contributed by atoms with Crippen molar-refractivity contribution in [1.82, 2.24) is 0 Å². The van der Waals surface area contributed by atoms with Gasteiger partial charge in [-0.15, -0.1) is 0 Å². The molecule has 1 unspecified atom stereocenters. The number of benzene rings is 3. The van der Waals surface area contributed by atoms with Gasteiger partial charge in [0.05, 0.1) is 4.83 Å². The fourth-order valence-corrected chi connectivity index (χ4v) is 3.36. The van der Waals surface area contributed by atoms with Crippen LogP contribution in [0.1, 0.15) is 27.1 Å². The minimum atomic E-state index is 0.243. The first kappa shape index (κ1) is 13.4. The second-order valence-corrected chi connectivity index (χ2v) is 6.24. The fourth-order valence-electron chi connectivity index (χ4n) is 2.58. The lowest BCUT2D eigenvalue weighted by atomic mass is 9.97. The summed E-state index contributed by atoms with van der Waals surface area (Å²) in [6, 6.07) is 21.8. The van der Waals surface area contributed by atoms with Crippen molar-refractivity contribution in [1.29, 1.82) is 0 Å². The number of hydrogen-bond acceptors (Lipinski definition) is 0. The fraction of sp³-hybridized carbons (Fsp3) is 0.158. The smallest absolute Gasteiger partial charge is 0.0647 e. The number of rotatable bonds is 2. The van der Waals surface area contributed by atoms with Crippen molar-refractivity contribution in [3.05, 3.63) is 82.9 Å². The molecule has 0 amide bonds. The molecule has 0 N–H and O–H groups in total. The van der Waals surface area contributed by atoms with Gasteiger partial charge >= 0.3 is 0 Å². The lowest BCUT2D eigenvalue weighted by molar-refractivity contribution is 1.14. The third kappa shape index (κ3) is 2.51. The zero-order chi connectivity index (χ0) is 14.1. The largest absolute Gasteiger partial charge is 0.0786 e. The van der Waals surface area contributed by atoms with E-state index in [2.05, 4.69) is 90.4 Å². The molecule has 3 aromatic rings. The van der Waals surface area contributed by atoms with E-state index in [1.807, 2.05) is 0 Å². The van der Waals surface area contributed by atoms with Gasteiger partial charge in [0.1, 0.15) is 0 Å². The Balaban J connectivity index is 2.07. The van der Waals surface area contributed by atoms with Gasteiger partial charge in [0.15, 0.2) is 0 Å². The van der Waals surface area contributed by atoms with E-state index in [4.69, 9.17) is 0 Å². The van der Waals surface area contributed by atoms with Crippen molar-refractivity contribution in [2.75, 3.05) is 0 Å². The van der Waals surface area contributed by atoms with E-state index in [-0.39, 0.29) is 4.83 Å². The topological polar surface area (TPSA) is 0 Å². The van der Waals surface area contributed by atoms with Crippen LogP contribution in [0.3, 0.4) is 0 Å². The van der Waals surface area contributed by atoms with E-state index in [1.165, 1.54) is 33.0 Å². The molecule has 0 aromatic heterocycles. The number of hydrogen-bond donors (Lipinski definition) is 0. The Morgan fingerprint density at radius 2 is 1.55 bits per heavy atom. The summed E-state index contributed by atoms with van der Waals surface area (Å²) in [7, 11) is 0. The van der Waals surface area contributed by atoms with Crippen LogP contribution in [0.5, 0.6) is 0 Å². The first-order valence-electron chi connectivity index (χ1n) is 6.85. The zero-order valence-electron chi connectivity index (χ0n) is 11.7. The molecule has 0 aliphatic heterocycles. The normalized spacial score (nSPS) is 12.6. The molecular weight excluding hydrogens is 308 g/mol. The van der Waals surface area contributed by atoms with Crippen molar-refractivity contribution in [3.8, 4) is 0 Å². The Morgan fingerprint density at radius 1 is 0.800 bits per heavy atom. The summed E-state index contributed by atoms with van der Waals surface area (Å²) < 4.78 is 0. The SMILES string of the molecule is Cc1ccc(C)c(C(Br)c2ccc3ccccc3c2)c1. The van der Waals surface area contributed by atoms with Crippen molar-refractivity contribution in [3.63, 3.8) is 0 Å². The van der Waals surface area contributed by atoms with Gasteiger partial charge in [-0.3, -0.25) is 0 Å². The molecule has 0 spiro atoms. The zero-order valence-corrected chi connectivity index (χ0v) is 13.3. The molecule has 20 heavy (non-hydrogen) atoms. The molecule has 0 radical (unpaired) electrons. The van der Waals surface area contributed by atoms with Crippen LogP contribution in [-0.4, -0.2) is 0 Å². The highest BCUT2D eigenvalue weighted by Crippen LogP contribution is 2.34. The summed E-state index contributed by atoms with van der Waals surface area (Å²) in [5.74, 6) is 0. The predicted molar refractivity (Wildman–Crippen MR) is 90.6 cm³/mol. The van der Waals surface area contributed by atoms with Crippen molar-refractivity contribution in [2.24, 2.45) is 0 Å². The Hall–Kier alpha value is -1.60. The van der Waals surface area contributed by atoms with Gasteiger partial charge in [-0.2, -0.15) is 0 Å². The number of fused-ring (bicyclic) bond motifs is 1. The first-order chi connectivity index (χ1) is 9.65. The van der Waals surface area contributed by atoms with Gasteiger partial charge in [0.25, 0.3) is 0 Å². The van der Waals surface area contributed by atoms with Gasteiger partial charge in [-0.1, -0.05) is 76.1 Å². The van der Waals surface area contributed by atoms with Gasteiger partial charge < -0.3 is 0 Å². The van der Waals surface area contributed by atoms with E-state index in [0.29, 0.717) is 0 Å². The molecule has 100 valence electrons. The van der Waals surface area contributed by atoms with Crippen LogP contribution in [0.25, 0.3) is 10.8 Å². The predicted octanol–water partition coefficient (Wildman–Crippen LogP) is 5.94. The summed E-state index contributed by atoms with van der Waals surface area (Å²) in [4.78, 5) is 0.243. The number of alkyl halides is 1. The summed E-state index contributed by atoms with van der Waals surface area (Å²) in [5.41, 5.74) is 5.28. The van der Waals surface area contributed by atoms with Crippen molar-refractivity contribution >= 4 is 26.7 Å².